The van der Waals surface area contributed by atoms with E-state index in [4.69, 9.17) is 4.74 Å². The molecule has 0 saturated carbocycles. The Hall–Kier alpha value is -3.30. The number of likely N-dealkylation sites (tertiary alicyclic amines) is 1. The van der Waals surface area contributed by atoms with E-state index in [9.17, 15) is 27.2 Å². The number of urea groups is 1. The maximum atomic E-state index is 13.3. The zero-order valence-corrected chi connectivity index (χ0v) is 18.0. The molecule has 0 aliphatic carbocycles. The van der Waals surface area contributed by atoms with Crippen LogP contribution in [0.3, 0.4) is 0 Å². The van der Waals surface area contributed by atoms with Crippen molar-refractivity contribution >= 4 is 11.9 Å². The number of hydrogen-bond donors (Lipinski definition) is 2. The van der Waals surface area contributed by atoms with Crippen LogP contribution in [-0.2, 0) is 24.1 Å². The second-order valence-electron chi connectivity index (χ2n) is 7.79. The van der Waals surface area contributed by atoms with Gasteiger partial charge in [-0.05, 0) is 48.2 Å². The molecule has 1 saturated heterocycles. The highest BCUT2D eigenvalue weighted by atomic mass is 19.4. The minimum atomic E-state index is -4.58. The Kier molecular flexibility index (Phi) is 7.78. The van der Waals surface area contributed by atoms with E-state index in [1.165, 1.54) is 36.3 Å². The van der Waals surface area contributed by atoms with Crippen LogP contribution in [0.2, 0.25) is 0 Å². The summed E-state index contributed by atoms with van der Waals surface area (Å²) in [6.45, 7) is 0.628. The Morgan fingerprint density at radius 1 is 1.03 bits per heavy atom. The molecule has 0 aromatic heterocycles. The van der Waals surface area contributed by atoms with Gasteiger partial charge < -0.3 is 20.3 Å². The van der Waals surface area contributed by atoms with E-state index in [1.807, 2.05) is 0 Å². The topological polar surface area (TPSA) is 70.7 Å². The van der Waals surface area contributed by atoms with Crippen LogP contribution in [-0.4, -0.2) is 37.0 Å². The molecule has 3 rings (SSSR count). The van der Waals surface area contributed by atoms with Gasteiger partial charge in [-0.1, -0.05) is 18.2 Å². The molecule has 1 aliphatic rings. The first-order valence-electron chi connectivity index (χ1n) is 10.5. The van der Waals surface area contributed by atoms with Crippen molar-refractivity contribution in [3.63, 3.8) is 0 Å². The number of piperidine rings is 1. The number of halogens is 4. The summed E-state index contributed by atoms with van der Waals surface area (Å²) in [5, 5.41) is 5.34. The van der Waals surface area contributed by atoms with Crippen molar-refractivity contribution in [2.45, 2.75) is 32.1 Å². The molecule has 2 aromatic carbocycles. The van der Waals surface area contributed by atoms with E-state index in [0.717, 1.165) is 11.6 Å². The summed E-state index contributed by atoms with van der Waals surface area (Å²) >= 11 is 0. The number of carbonyl (C=O) groups is 2. The number of rotatable bonds is 6. The largest absolute Gasteiger partial charge is 0.497 e. The number of nitrogens with one attached hydrogen (secondary N) is 2. The third-order valence-electron chi connectivity index (χ3n) is 5.59. The van der Waals surface area contributed by atoms with Gasteiger partial charge in [0, 0.05) is 32.1 Å². The first-order valence-corrected chi connectivity index (χ1v) is 10.5. The SMILES string of the molecule is COc1ccc(CNC(=O)N2CCC(C(=O)NCc3ccc(F)cc3)CC2)c(C(F)(F)F)c1. The van der Waals surface area contributed by atoms with Gasteiger partial charge in [0.15, 0.2) is 0 Å². The normalized spacial score (nSPS) is 14.6. The van der Waals surface area contributed by atoms with Gasteiger partial charge in [-0.15, -0.1) is 0 Å². The standard InChI is InChI=1S/C23H25F4N3O3/c1-33-19-7-4-17(20(12-19)23(25,26)27)14-29-22(32)30-10-8-16(9-11-30)21(31)28-13-15-2-5-18(24)6-3-15/h2-7,12,16H,8-11,13-14H2,1H3,(H,28,31)(H,29,32). The Bertz CT molecular complexity index is 972. The Balaban J connectivity index is 1.48. The minimum Gasteiger partial charge on any atom is -0.497 e. The summed E-state index contributed by atoms with van der Waals surface area (Å²) in [5.74, 6) is -0.685. The summed E-state index contributed by atoms with van der Waals surface area (Å²) in [6, 6.07) is 8.93. The molecule has 1 aliphatic heterocycles. The van der Waals surface area contributed by atoms with Crippen LogP contribution in [0.25, 0.3) is 0 Å². The van der Waals surface area contributed by atoms with Gasteiger partial charge in [0.25, 0.3) is 0 Å². The molecular formula is C23H25F4N3O3. The molecule has 1 fully saturated rings. The second-order valence-corrected chi connectivity index (χ2v) is 7.79. The molecule has 10 heteroatoms. The van der Waals surface area contributed by atoms with Crippen LogP contribution >= 0.6 is 0 Å². The van der Waals surface area contributed by atoms with Crippen LogP contribution in [0, 0.1) is 11.7 Å². The van der Waals surface area contributed by atoms with E-state index < -0.39 is 17.8 Å². The number of carbonyl (C=O) groups excluding carboxylic acids is 2. The summed E-state index contributed by atoms with van der Waals surface area (Å²) in [6.07, 6.45) is -3.69. The van der Waals surface area contributed by atoms with Gasteiger partial charge in [0.1, 0.15) is 11.6 Å². The lowest BCUT2D eigenvalue weighted by Gasteiger charge is -2.31. The highest BCUT2D eigenvalue weighted by Gasteiger charge is 2.34. The second kappa shape index (κ2) is 10.5. The van der Waals surface area contributed by atoms with Crippen LogP contribution in [0.4, 0.5) is 22.4 Å². The van der Waals surface area contributed by atoms with E-state index in [2.05, 4.69) is 10.6 Å². The molecule has 1 heterocycles. The highest BCUT2D eigenvalue weighted by Crippen LogP contribution is 2.34. The summed E-state index contributed by atoms with van der Waals surface area (Å²) in [5.41, 5.74) is -0.149. The van der Waals surface area contributed by atoms with Crippen molar-refractivity contribution in [3.05, 3.63) is 65.0 Å². The maximum absolute atomic E-state index is 13.3. The van der Waals surface area contributed by atoms with Crippen LogP contribution in [0.5, 0.6) is 5.75 Å². The zero-order valence-electron chi connectivity index (χ0n) is 18.0. The third-order valence-corrected chi connectivity index (χ3v) is 5.59. The van der Waals surface area contributed by atoms with E-state index in [1.54, 1.807) is 12.1 Å². The molecule has 2 N–H and O–H groups in total. The maximum Gasteiger partial charge on any atom is 0.416 e. The number of nitrogens with zero attached hydrogens (tertiary/aromatic N) is 1. The van der Waals surface area contributed by atoms with Gasteiger partial charge in [-0.3, -0.25) is 4.79 Å². The number of ether oxygens (including phenoxy) is 1. The van der Waals surface area contributed by atoms with Gasteiger partial charge in [-0.25, -0.2) is 9.18 Å². The lowest BCUT2D eigenvalue weighted by atomic mass is 9.96. The molecule has 0 unspecified atom stereocenters. The van der Waals surface area contributed by atoms with Crippen molar-refractivity contribution in [2.24, 2.45) is 5.92 Å². The fraction of sp³-hybridized carbons (Fsp3) is 0.391. The van der Waals surface area contributed by atoms with E-state index in [-0.39, 0.29) is 42.0 Å². The summed E-state index contributed by atoms with van der Waals surface area (Å²) < 4.78 is 57.8. The van der Waals surface area contributed by atoms with Crippen molar-refractivity contribution in [1.29, 1.82) is 0 Å². The van der Waals surface area contributed by atoms with Crippen LogP contribution < -0.4 is 15.4 Å². The molecule has 33 heavy (non-hydrogen) atoms. The molecule has 0 radical (unpaired) electrons. The van der Waals surface area contributed by atoms with E-state index in [0.29, 0.717) is 25.9 Å². The smallest absolute Gasteiger partial charge is 0.416 e. The number of amides is 3. The lowest BCUT2D eigenvalue weighted by Crippen LogP contribution is -2.46. The molecule has 178 valence electrons. The number of hydrogen-bond acceptors (Lipinski definition) is 3. The fourth-order valence-electron chi connectivity index (χ4n) is 3.66. The first-order chi connectivity index (χ1) is 15.7. The Labute approximate surface area is 188 Å². The highest BCUT2D eigenvalue weighted by molar-refractivity contribution is 5.79. The minimum absolute atomic E-state index is 0.0632. The average Bonchev–Trinajstić information content (AvgIpc) is 2.81. The van der Waals surface area contributed by atoms with Crippen LogP contribution in [0.15, 0.2) is 42.5 Å². The van der Waals surface area contributed by atoms with Crippen molar-refractivity contribution in [2.75, 3.05) is 20.2 Å². The van der Waals surface area contributed by atoms with Crippen molar-refractivity contribution in [3.8, 4) is 5.75 Å². The number of benzene rings is 2. The molecule has 0 spiro atoms. The quantitative estimate of drug-likeness (QED) is 0.629. The number of alkyl halides is 3. The fourth-order valence-corrected chi connectivity index (χ4v) is 3.66. The van der Waals surface area contributed by atoms with Gasteiger partial charge in [0.05, 0.1) is 12.7 Å². The molecule has 0 bridgehead atoms. The number of methoxy groups -OCH3 is 1. The van der Waals surface area contributed by atoms with Crippen LogP contribution in [0.1, 0.15) is 29.5 Å². The Morgan fingerprint density at radius 3 is 2.30 bits per heavy atom. The summed E-state index contributed by atoms with van der Waals surface area (Å²) in [4.78, 5) is 26.3. The lowest BCUT2D eigenvalue weighted by molar-refractivity contribution is -0.138. The monoisotopic (exact) mass is 467 g/mol. The van der Waals surface area contributed by atoms with Gasteiger partial charge >= 0.3 is 12.2 Å². The Morgan fingerprint density at radius 2 is 1.70 bits per heavy atom. The first kappa shape index (κ1) is 24.3. The zero-order chi connectivity index (χ0) is 24.0. The van der Waals surface area contributed by atoms with Crippen molar-refractivity contribution < 1.29 is 31.9 Å². The van der Waals surface area contributed by atoms with Gasteiger partial charge in [-0.2, -0.15) is 13.2 Å². The molecule has 3 amide bonds. The molecule has 6 nitrogen and oxygen atoms in total. The molecule has 2 aromatic rings. The third kappa shape index (κ3) is 6.59. The summed E-state index contributed by atoms with van der Waals surface area (Å²) in [7, 11) is 1.28. The predicted molar refractivity (Wildman–Crippen MR) is 113 cm³/mol. The van der Waals surface area contributed by atoms with Gasteiger partial charge in [0.2, 0.25) is 5.91 Å². The predicted octanol–water partition coefficient (Wildman–Crippen LogP) is 4.09. The average molecular weight is 467 g/mol. The van der Waals surface area contributed by atoms with Crippen molar-refractivity contribution in [1.82, 2.24) is 15.5 Å². The molecular weight excluding hydrogens is 442 g/mol. The molecule has 0 atom stereocenters. The van der Waals surface area contributed by atoms with E-state index >= 15 is 0 Å².